The third-order valence-electron chi connectivity index (χ3n) is 7.61. The van der Waals surface area contributed by atoms with Crippen LogP contribution in [0.15, 0.2) is 30.3 Å². The first-order valence-corrected chi connectivity index (χ1v) is 17.3. The Kier molecular flexibility index (Phi) is 18.0. The van der Waals surface area contributed by atoms with Gasteiger partial charge in [-0.3, -0.25) is 48.5 Å². The molecule has 2 rings (SSSR count). The maximum atomic E-state index is 12.8. The highest BCUT2D eigenvalue weighted by atomic mass is 16.6. The van der Waals surface area contributed by atoms with Crippen molar-refractivity contribution < 1.29 is 43.3 Å². The minimum absolute atomic E-state index is 0.0236. The number of carboxylic acid groups (broad SMARTS) is 1. The van der Waals surface area contributed by atoms with Crippen molar-refractivity contribution in [2.24, 2.45) is 0 Å². The largest absolute Gasteiger partial charge is 0.480 e. The number of ether oxygens (including phenoxy) is 3. The Bertz CT molecular complexity index is 1190. The summed E-state index contributed by atoms with van der Waals surface area (Å²) in [7, 11) is 0. The van der Waals surface area contributed by atoms with E-state index in [9.17, 15) is 29.1 Å². The van der Waals surface area contributed by atoms with E-state index < -0.39 is 23.1 Å². The second-order valence-electron chi connectivity index (χ2n) is 14.8. The highest BCUT2D eigenvalue weighted by Crippen LogP contribution is 2.10. The van der Waals surface area contributed by atoms with Crippen molar-refractivity contribution in [1.82, 2.24) is 24.5 Å². The van der Waals surface area contributed by atoms with E-state index in [1.807, 2.05) is 86.6 Å². The summed E-state index contributed by atoms with van der Waals surface area (Å²) in [6.07, 6.45) is 0. The highest BCUT2D eigenvalue weighted by molar-refractivity contribution is 5.77. The predicted octanol–water partition coefficient (Wildman–Crippen LogP) is 1.61. The third kappa shape index (κ3) is 20.3. The van der Waals surface area contributed by atoms with Crippen LogP contribution < -0.4 is 0 Å². The summed E-state index contributed by atoms with van der Waals surface area (Å²) in [6, 6.07) is 9.26. The first-order valence-electron chi connectivity index (χ1n) is 17.3. The number of carboxylic acids is 1. The molecule has 0 atom stereocenters. The van der Waals surface area contributed by atoms with Gasteiger partial charge in [0.2, 0.25) is 0 Å². The minimum atomic E-state index is -1.06. The van der Waals surface area contributed by atoms with E-state index in [0.29, 0.717) is 58.9 Å². The topological polar surface area (TPSA) is 149 Å². The molecule has 0 aliphatic carbocycles. The molecule has 0 amide bonds. The summed E-state index contributed by atoms with van der Waals surface area (Å²) in [5.41, 5.74) is -0.436. The number of rotatable bonds is 15. The van der Waals surface area contributed by atoms with Crippen molar-refractivity contribution >= 4 is 29.7 Å². The monoisotopic (exact) mass is 705 g/mol. The maximum Gasteiger partial charge on any atom is 0.320 e. The van der Waals surface area contributed by atoms with Crippen molar-refractivity contribution in [3.8, 4) is 0 Å². The molecule has 1 aliphatic rings. The molecule has 14 heteroatoms. The zero-order valence-corrected chi connectivity index (χ0v) is 31.1. The summed E-state index contributed by atoms with van der Waals surface area (Å²) >= 11 is 0. The Morgan fingerprint density at radius 3 is 1.52 bits per heavy atom. The van der Waals surface area contributed by atoms with E-state index in [4.69, 9.17) is 14.2 Å². The van der Waals surface area contributed by atoms with Crippen molar-refractivity contribution in [2.45, 2.75) is 66.3 Å². The van der Waals surface area contributed by atoms with Crippen LogP contribution in [0.3, 0.4) is 0 Å². The molecule has 14 nitrogen and oxygen atoms in total. The number of ketones is 1. The van der Waals surface area contributed by atoms with Crippen molar-refractivity contribution in [2.75, 3.05) is 98.2 Å². The Balaban J connectivity index is 2.22. The highest BCUT2D eigenvalue weighted by Gasteiger charge is 2.25. The number of nitrogens with zero attached hydrogens (tertiary/aromatic N) is 5. The average Bonchev–Trinajstić information content (AvgIpc) is 2.97. The smallest absolute Gasteiger partial charge is 0.320 e. The van der Waals surface area contributed by atoms with E-state index in [1.165, 1.54) is 0 Å². The van der Waals surface area contributed by atoms with Crippen LogP contribution in [-0.2, 0) is 44.8 Å². The lowest BCUT2D eigenvalue weighted by Crippen LogP contribution is -2.50. The molecule has 0 radical (unpaired) electrons. The summed E-state index contributed by atoms with van der Waals surface area (Å²) < 4.78 is 16.6. The first-order chi connectivity index (χ1) is 23.4. The number of carbonyl (C=O) groups is 5. The molecule has 1 aromatic carbocycles. The zero-order chi connectivity index (χ0) is 37.3. The van der Waals surface area contributed by atoms with E-state index in [-0.39, 0.29) is 63.6 Å². The van der Waals surface area contributed by atoms with Gasteiger partial charge < -0.3 is 19.3 Å². The molecule has 50 heavy (non-hydrogen) atoms. The van der Waals surface area contributed by atoms with Crippen LogP contribution in [0.5, 0.6) is 0 Å². The molecule has 0 saturated carbocycles. The van der Waals surface area contributed by atoms with Gasteiger partial charge in [-0.2, -0.15) is 0 Å². The van der Waals surface area contributed by atoms with Crippen molar-refractivity contribution in [1.29, 1.82) is 0 Å². The lowest BCUT2D eigenvalue weighted by Gasteiger charge is -2.34. The molecular formula is C36H59N5O9. The lowest BCUT2D eigenvalue weighted by atomic mass is 10.2. The second-order valence-corrected chi connectivity index (χ2v) is 14.8. The van der Waals surface area contributed by atoms with Gasteiger partial charge in [-0.05, 0) is 54.0 Å². The van der Waals surface area contributed by atoms with Crippen LogP contribution in [0.1, 0.15) is 54.0 Å². The van der Waals surface area contributed by atoms with Crippen molar-refractivity contribution in [3.63, 3.8) is 0 Å². The maximum absolute atomic E-state index is 12.8. The van der Waals surface area contributed by atoms with Gasteiger partial charge in [-0.25, -0.2) is 0 Å². The van der Waals surface area contributed by atoms with E-state index in [2.05, 4.69) is 4.90 Å². The number of hydrogen-bond acceptors (Lipinski definition) is 13. The summed E-state index contributed by atoms with van der Waals surface area (Å²) in [5.74, 6) is -2.25. The Morgan fingerprint density at radius 1 is 0.660 bits per heavy atom. The Labute approximate surface area is 297 Å². The molecule has 0 unspecified atom stereocenters. The van der Waals surface area contributed by atoms with Gasteiger partial charge in [-0.1, -0.05) is 30.3 Å². The standard InChI is InChI=1S/C36H59N5O9/c1-29(42)23-38-18-20-39(26-33(46)49-35(2,3)4)16-13-37(14-17-40(21-19-38)27-34(47)50-36(5,6)7)15-22-41(24-31(43)44)25-32(45)48-28-30-11-9-8-10-12-30/h8-12H,13-28H2,1-7H3,(H,43,44). The van der Waals surface area contributed by atoms with Crippen LogP contribution in [0.25, 0.3) is 0 Å². The number of aliphatic carboxylic acids is 1. The number of Topliss-reactive ketones (excluding diaryl/α,β-unsaturated/α-hetero) is 1. The molecular weight excluding hydrogens is 646 g/mol. The summed E-state index contributed by atoms with van der Waals surface area (Å²) in [4.78, 5) is 72.0. The van der Waals surface area contributed by atoms with Crippen LogP contribution in [-0.4, -0.2) is 169 Å². The first kappa shape index (κ1) is 42.7. The number of esters is 3. The summed E-state index contributed by atoms with van der Waals surface area (Å²) in [5, 5.41) is 9.59. The van der Waals surface area contributed by atoms with Gasteiger partial charge in [0.05, 0.1) is 32.7 Å². The van der Waals surface area contributed by atoms with Gasteiger partial charge in [0.1, 0.15) is 23.6 Å². The molecule has 1 fully saturated rings. The molecule has 1 saturated heterocycles. The molecule has 0 aromatic heterocycles. The average molecular weight is 706 g/mol. The second kappa shape index (κ2) is 21.1. The van der Waals surface area contributed by atoms with Gasteiger partial charge in [-0.15, -0.1) is 0 Å². The zero-order valence-electron chi connectivity index (χ0n) is 31.1. The van der Waals surface area contributed by atoms with Crippen LogP contribution in [0, 0.1) is 0 Å². The number of hydrogen-bond donors (Lipinski definition) is 1. The molecule has 282 valence electrons. The van der Waals surface area contributed by atoms with Crippen LogP contribution in [0.4, 0.5) is 0 Å². The third-order valence-corrected chi connectivity index (χ3v) is 7.61. The fourth-order valence-corrected chi connectivity index (χ4v) is 5.36. The Hall–Kier alpha value is -3.43. The Morgan fingerprint density at radius 2 is 1.10 bits per heavy atom. The van der Waals surface area contributed by atoms with Gasteiger partial charge >= 0.3 is 23.9 Å². The SMILES string of the molecule is CC(=O)CN1CCN(CC(=O)OC(C)(C)C)CCN(CCN(CC(=O)O)CC(=O)OCc2ccccc2)CCN(CC(=O)OC(C)(C)C)CC1. The quantitative estimate of drug-likeness (QED) is 0.208. The fraction of sp³-hybridized carbons (Fsp3) is 0.694. The van der Waals surface area contributed by atoms with Gasteiger partial charge in [0.15, 0.2) is 0 Å². The van der Waals surface area contributed by atoms with E-state index >= 15 is 0 Å². The van der Waals surface area contributed by atoms with E-state index in [0.717, 1.165) is 5.56 Å². The molecule has 1 aromatic rings. The minimum Gasteiger partial charge on any atom is -0.480 e. The number of benzene rings is 1. The number of carbonyl (C=O) groups excluding carboxylic acids is 4. The van der Waals surface area contributed by atoms with Crippen molar-refractivity contribution in [3.05, 3.63) is 35.9 Å². The normalized spacial score (nSPS) is 16.6. The molecule has 1 aliphatic heterocycles. The van der Waals surface area contributed by atoms with Crippen LogP contribution >= 0.6 is 0 Å². The molecule has 0 bridgehead atoms. The summed E-state index contributed by atoms with van der Waals surface area (Å²) in [6.45, 7) is 17.2. The van der Waals surface area contributed by atoms with E-state index in [1.54, 1.807) is 11.8 Å². The van der Waals surface area contributed by atoms with Gasteiger partial charge in [0.25, 0.3) is 0 Å². The fourth-order valence-electron chi connectivity index (χ4n) is 5.36. The molecule has 0 spiro atoms. The molecule has 1 heterocycles. The lowest BCUT2D eigenvalue weighted by molar-refractivity contribution is -0.157. The van der Waals surface area contributed by atoms with Gasteiger partial charge in [0, 0.05) is 65.4 Å². The predicted molar refractivity (Wildman–Crippen MR) is 188 cm³/mol. The molecule has 1 N–H and O–H groups in total. The van der Waals surface area contributed by atoms with Crippen LogP contribution in [0.2, 0.25) is 0 Å².